The van der Waals surface area contributed by atoms with Crippen LogP contribution in [0.3, 0.4) is 0 Å². The number of para-hydroxylation sites is 1. The van der Waals surface area contributed by atoms with E-state index < -0.39 is 36.3 Å². The van der Waals surface area contributed by atoms with Gasteiger partial charge < -0.3 is 26.3 Å². The Morgan fingerprint density at radius 2 is 1.74 bits per heavy atom. The molecule has 0 saturated heterocycles. The van der Waals surface area contributed by atoms with Gasteiger partial charge >= 0.3 is 5.97 Å². The highest BCUT2D eigenvalue weighted by atomic mass is 32.1. The molecule has 200 valence electrons. The summed E-state index contributed by atoms with van der Waals surface area (Å²) in [5.74, 6) is -2.24. The largest absolute Gasteiger partial charge is 0.494 e. The lowest BCUT2D eigenvalue weighted by molar-refractivity contribution is -0.143. The van der Waals surface area contributed by atoms with E-state index in [0.717, 1.165) is 0 Å². The van der Waals surface area contributed by atoms with Gasteiger partial charge in [-0.2, -0.15) is 4.37 Å². The SMILES string of the molecule is CCOC(=O)CNC(=O)[C@H](c1ccc(OCC)cc1)N(C(=O)c1snc(C(N)=O)c1N)c1ccccc1C. The minimum absolute atomic E-state index is 0.0591. The van der Waals surface area contributed by atoms with Gasteiger partial charge in [0.2, 0.25) is 5.91 Å². The summed E-state index contributed by atoms with van der Waals surface area (Å²) in [6.45, 7) is 5.48. The minimum atomic E-state index is -1.24. The Morgan fingerprint density at radius 1 is 1.05 bits per heavy atom. The quantitative estimate of drug-likeness (QED) is 0.313. The number of ether oxygens (including phenoxy) is 2. The number of rotatable bonds is 11. The molecule has 0 saturated carbocycles. The van der Waals surface area contributed by atoms with Crippen molar-refractivity contribution >= 4 is 46.6 Å². The molecule has 38 heavy (non-hydrogen) atoms. The molecule has 0 fully saturated rings. The first kappa shape index (κ1) is 28.1. The molecule has 2 aromatic carbocycles. The molecule has 0 aliphatic rings. The lowest BCUT2D eigenvalue weighted by Crippen LogP contribution is -2.45. The predicted molar refractivity (Wildman–Crippen MR) is 143 cm³/mol. The lowest BCUT2D eigenvalue weighted by atomic mass is 10.0. The predicted octanol–water partition coefficient (Wildman–Crippen LogP) is 2.60. The molecule has 5 N–H and O–H groups in total. The van der Waals surface area contributed by atoms with Gasteiger partial charge in [0, 0.05) is 5.69 Å². The number of aryl methyl sites for hydroxylation is 1. The minimum Gasteiger partial charge on any atom is -0.494 e. The second-order valence-electron chi connectivity index (χ2n) is 8.03. The Kier molecular flexibility index (Phi) is 9.39. The topological polar surface area (TPSA) is 167 Å². The van der Waals surface area contributed by atoms with E-state index in [1.165, 1.54) is 4.90 Å². The zero-order valence-electron chi connectivity index (χ0n) is 21.2. The van der Waals surface area contributed by atoms with Crippen molar-refractivity contribution in [1.82, 2.24) is 9.69 Å². The average Bonchev–Trinajstić information content (AvgIpc) is 3.28. The van der Waals surface area contributed by atoms with Crippen LogP contribution in [0.1, 0.15) is 51.2 Å². The fourth-order valence-electron chi connectivity index (χ4n) is 3.74. The van der Waals surface area contributed by atoms with Crippen LogP contribution in [-0.4, -0.2) is 47.8 Å². The van der Waals surface area contributed by atoms with E-state index >= 15 is 0 Å². The molecule has 0 radical (unpaired) electrons. The summed E-state index contributed by atoms with van der Waals surface area (Å²) >= 11 is 0.707. The number of carbonyl (C=O) groups excluding carboxylic acids is 4. The fraction of sp³-hybridized carbons (Fsp3) is 0.269. The van der Waals surface area contributed by atoms with Crippen LogP contribution in [0.25, 0.3) is 0 Å². The van der Waals surface area contributed by atoms with Crippen molar-refractivity contribution in [3.05, 3.63) is 70.2 Å². The molecule has 3 amide bonds. The molecule has 0 aliphatic carbocycles. The maximum atomic E-state index is 14.1. The highest BCUT2D eigenvalue weighted by Crippen LogP contribution is 2.35. The van der Waals surface area contributed by atoms with Gasteiger partial charge in [0.25, 0.3) is 11.8 Å². The van der Waals surface area contributed by atoms with Crippen LogP contribution in [-0.2, 0) is 14.3 Å². The molecular formula is C26H29N5O6S. The molecule has 1 heterocycles. The molecule has 0 bridgehead atoms. The molecule has 1 atom stereocenters. The molecule has 12 heteroatoms. The highest BCUT2D eigenvalue weighted by molar-refractivity contribution is 7.09. The third-order valence-corrected chi connectivity index (χ3v) is 6.33. The standard InChI is InChI=1S/C26H29N5O6S/c1-4-36-17-12-10-16(11-13-17)22(25(34)29-14-19(32)37-5-2)31(18-9-7-6-8-15(18)3)26(35)23-20(27)21(24(28)33)30-38-23/h6-13,22H,4-5,14,27H2,1-3H3,(H2,28,33)(H,29,34)/t22-/m0/s1. The number of esters is 1. The van der Waals surface area contributed by atoms with Gasteiger partial charge in [-0.05, 0) is 61.6 Å². The number of aromatic nitrogens is 1. The Labute approximate surface area is 223 Å². The van der Waals surface area contributed by atoms with Crippen molar-refractivity contribution in [3.8, 4) is 5.75 Å². The summed E-state index contributed by atoms with van der Waals surface area (Å²) in [7, 11) is 0. The number of amides is 3. The van der Waals surface area contributed by atoms with Crippen molar-refractivity contribution < 1.29 is 28.7 Å². The van der Waals surface area contributed by atoms with Crippen molar-refractivity contribution in [2.45, 2.75) is 26.8 Å². The smallest absolute Gasteiger partial charge is 0.325 e. The summed E-state index contributed by atoms with van der Waals surface area (Å²) in [5.41, 5.74) is 12.6. The maximum absolute atomic E-state index is 14.1. The number of primary amides is 1. The number of nitrogens with one attached hydrogen (secondary N) is 1. The first-order chi connectivity index (χ1) is 18.2. The summed E-state index contributed by atoms with van der Waals surface area (Å²) < 4.78 is 14.4. The third kappa shape index (κ3) is 6.27. The average molecular weight is 540 g/mol. The number of carbonyl (C=O) groups is 4. The molecule has 0 aliphatic heterocycles. The van der Waals surface area contributed by atoms with Gasteiger partial charge in [0.05, 0.1) is 18.9 Å². The van der Waals surface area contributed by atoms with Gasteiger partial charge in [-0.25, -0.2) is 0 Å². The number of nitrogen functional groups attached to an aromatic ring is 1. The van der Waals surface area contributed by atoms with E-state index in [-0.39, 0.29) is 22.9 Å². The number of benzene rings is 2. The first-order valence-electron chi connectivity index (χ1n) is 11.8. The first-order valence-corrected chi connectivity index (χ1v) is 12.6. The molecule has 3 aromatic rings. The highest BCUT2D eigenvalue weighted by Gasteiger charge is 2.36. The van der Waals surface area contributed by atoms with Crippen LogP contribution in [0.2, 0.25) is 0 Å². The van der Waals surface area contributed by atoms with Gasteiger partial charge in [-0.3, -0.25) is 24.1 Å². The van der Waals surface area contributed by atoms with E-state index in [1.807, 2.05) is 6.92 Å². The van der Waals surface area contributed by atoms with E-state index in [2.05, 4.69) is 9.69 Å². The summed E-state index contributed by atoms with van der Waals surface area (Å²) in [4.78, 5) is 52.6. The molecule has 0 spiro atoms. The molecule has 0 unspecified atom stereocenters. The molecule has 11 nitrogen and oxygen atoms in total. The van der Waals surface area contributed by atoms with Crippen LogP contribution in [0.5, 0.6) is 5.75 Å². The van der Waals surface area contributed by atoms with E-state index in [0.29, 0.717) is 40.7 Å². The van der Waals surface area contributed by atoms with Crippen LogP contribution >= 0.6 is 11.5 Å². The fourth-order valence-corrected chi connectivity index (χ4v) is 4.48. The second-order valence-corrected chi connectivity index (χ2v) is 8.80. The molecular weight excluding hydrogens is 510 g/mol. The Balaban J connectivity index is 2.17. The number of hydrogen-bond acceptors (Lipinski definition) is 9. The van der Waals surface area contributed by atoms with Crippen LogP contribution in [0.15, 0.2) is 48.5 Å². The van der Waals surface area contributed by atoms with Gasteiger partial charge in [-0.15, -0.1) is 0 Å². The maximum Gasteiger partial charge on any atom is 0.325 e. The Morgan fingerprint density at radius 3 is 2.32 bits per heavy atom. The van der Waals surface area contributed by atoms with Gasteiger partial charge in [0.15, 0.2) is 5.69 Å². The number of anilines is 2. The van der Waals surface area contributed by atoms with E-state index in [4.69, 9.17) is 20.9 Å². The van der Waals surface area contributed by atoms with E-state index in [1.54, 1.807) is 62.4 Å². The van der Waals surface area contributed by atoms with Gasteiger partial charge in [-0.1, -0.05) is 30.3 Å². The summed E-state index contributed by atoms with van der Waals surface area (Å²) in [6.07, 6.45) is 0. The number of nitrogens with two attached hydrogens (primary N) is 2. The zero-order chi connectivity index (χ0) is 27.8. The van der Waals surface area contributed by atoms with Crippen LogP contribution in [0, 0.1) is 6.92 Å². The third-order valence-electron chi connectivity index (χ3n) is 5.48. The van der Waals surface area contributed by atoms with Crippen LogP contribution in [0.4, 0.5) is 11.4 Å². The lowest BCUT2D eigenvalue weighted by Gasteiger charge is -2.32. The monoisotopic (exact) mass is 539 g/mol. The Bertz CT molecular complexity index is 1320. The van der Waals surface area contributed by atoms with Crippen molar-refractivity contribution in [3.63, 3.8) is 0 Å². The van der Waals surface area contributed by atoms with Crippen molar-refractivity contribution in [1.29, 1.82) is 0 Å². The normalized spacial score (nSPS) is 11.3. The Hall–Kier alpha value is -4.45. The molecule has 1 aromatic heterocycles. The zero-order valence-corrected chi connectivity index (χ0v) is 22.0. The number of nitrogens with zero attached hydrogens (tertiary/aromatic N) is 2. The van der Waals surface area contributed by atoms with Crippen molar-refractivity contribution in [2.24, 2.45) is 5.73 Å². The second kappa shape index (κ2) is 12.7. The van der Waals surface area contributed by atoms with E-state index in [9.17, 15) is 19.2 Å². The van der Waals surface area contributed by atoms with Crippen LogP contribution < -0.4 is 26.4 Å². The number of hydrogen-bond donors (Lipinski definition) is 3. The summed E-state index contributed by atoms with van der Waals surface area (Å²) in [6, 6.07) is 12.4. The molecule has 3 rings (SSSR count). The van der Waals surface area contributed by atoms with Gasteiger partial charge in [0.1, 0.15) is 23.2 Å². The van der Waals surface area contributed by atoms with Crippen molar-refractivity contribution in [2.75, 3.05) is 30.4 Å². The summed E-state index contributed by atoms with van der Waals surface area (Å²) in [5, 5.41) is 2.56.